The quantitative estimate of drug-likeness (QED) is 0.924. The van der Waals surface area contributed by atoms with E-state index < -0.39 is 0 Å². The highest BCUT2D eigenvalue weighted by Gasteiger charge is 2.22. The van der Waals surface area contributed by atoms with Crippen molar-refractivity contribution in [2.75, 3.05) is 5.73 Å². The van der Waals surface area contributed by atoms with E-state index in [0.29, 0.717) is 0 Å². The molecule has 1 aromatic heterocycles. The second kappa shape index (κ2) is 5.55. The SMILES string of the molecule is Cc1ccc(-c2c(CC3CCCC3)nn(C)c2N)cc1C. The summed E-state index contributed by atoms with van der Waals surface area (Å²) >= 11 is 0. The molecule has 0 spiro atoms. The van der Waals surface area contributed by atoms with Gasteiger partial charge in [-0.05, 0) is 42.9 Å². The number of hydrogen-bond donors (Lipinski definition) is 1. The van der Waals surface area contributed by atoms with Gasteiger partial charge < -0.3 is 5.73 Å². The normalized spacial score (nSPS) is 15.8. The smallest absolute Gasteiger partial charge is 0.129 e. The zero-order valence-electron chi connectivity index (χ0n) is 13.3. The summed E-state index contributed by atoms with van der Waals surface area (Å²) in [6.07, 6.45) is 6.47. The van der Waals surface area contributed by atoms with E-state index in [9.17, 15) is 0 Å². The van der Waals surface area contributed by atoms with Gasteiger partial charge in [-0.2, -0.15) is 5.10 Å². The van der Waals surface area contributed by atoms with Crippen molar-refractivity contribution >= 4 is 5.82 Å². The molecule has 1 fully saturated rings. The third kappa shape index (κ3) is 2.69. The topological polar surface area (TPSA) is 43.8 Å². The average Bonchev–Trinajstić information content (AvgIpc) is 3.04. The van der Waals surface area contributed by atoms with Gasteiger partial charge in [-0.25, -0.2) is 0 Å². The molecule has 0 bridgehead atoms. The minimum atomic E-state index is 0.782. The second-order valence-electron chi connectivity index (χ2n) is 6.48. The summed E-state index contributed by atoms with van der Waals surface area (Å²) in [5.74, 6) is 1.57. The highest BCUT2D eigenvalue weighted by atomic mass is 15.3. The largest absolute Gasteiger partial charge is 0.383 e. The van der Waals surface area contributed by atoms with Crippen LogP contribution in [0.3, 0.4) is 0 Å². The Balaban J connectivity index is 2.01. The Kier molecular flexibility index (Phi) is 3.75. The molecule has 0 amide bonds. The van der Waals surface area contributed by atoms with Gasteiger partial charge in [0.1, 0.15) is 5.82 Å². The van der Waals surface area contributed by atoms with Crippen molar-refractivity contribution in [3.63, 3.8) is 0 Å². The number of nitrogen functional groups attached to an aromatic ring is 1. The van der Waals surface area contributed by atoms with Crippen LogP contribution in [0.4, 0.5) is 5.82 Å². The lowest BCUT2D eigenvalue weighted by Crippen LogP contribution is -2.01. The fourth-order valence-corrected chi connectivity index (χ4v) is 3.44. The number of aryl methyl sites for hydroxylation is 3. The van der Waals surface area contributed by atoms with Gasteiger partial charge in [0, 0.05) is 12.6 Å². The summed E-state index contributed by atoms with van der Waals surface area (Å²) in [4.78, 5) is 0. The summed E-state index contributed by atoms with van der Waals surface area (Å²) in [6, 6.07) is 6.59. The Bertz CT molecular complexity index is 649. The van der Waals surface area contributed by atoms with E-state index in [0.717, 1.165) is 23.7 Å². The number of aromatic nitrogens is 2. The van der Waals surface area contributed by atoms with E-state index in [-0.39, 0.29) is 0 Å². The van der Waals surface area contributed by atoms with E-state index in [1.54, 1.807) is 0 Å². The zero-order chi connectivity index (χ0) is 15.0. The van der Waals surface area contributed by atoms with Gasteiger partial charge in [0.2, 0.25) is 0 Å². The molecule has 0 aliphatic heterocycles. The maximum Gasteiger partial charge on any atom is 0.129 e. The molecule has 112 valence electrons. The van der Waals surface area contributed by atoms with Gasteiger partial charge in [-0.1, -0.05) is 43.9 Å². The Morgan fingerprint density at radius 2 is 1.90 bits per heavy atom. The molecule has 21 heavy (non-hydrogen) atoms. The van der Waals surface area contributed by atoms with Gasteiger partial charge in [0.25, 0.3) is 0 Å². The second-order valence-corrected chi connectivity index (χ2v) is 6.48. The van der Waals surface area contributed by atoms with Crippen molar-refractivity contribution in [3.8, 4) is 11.1 Å². The maximum atomic E-state index is 6.30. The number of anilines is 1. The Hall–Kier alpha value is -1.77. The predicted molar refractivity (Wildman–Crippen MR) is 88.2 cm³/mol. The minimum Gasteiger partial charge on any atom is -0.383 e. The molecule has 1 aromatic carbocycles. The van der Waals surface area contributed by atoms with Gasteiger partial charge in [0.05, 0.1) is 5.69 Å². The first kappa shape index (κ1) is 14.2. The van der Waals surface area contributed by atoms with Crippen molar-refractivity contribution in [1.82, 2.24) is 9.78 Å². The highest BCUT2D eigenvalue weighted by Crippen LogP contribution is 2.35. The van der Waals surface area contributed by atoms with Crippen LogP contribution < -0.4 is 5.73 Å². The van der Waals surface area contributed by atoms with Crippen LogP contribution in [-0.2, 0) is 13.5 Å². The molecule has 3 heteroatoms. The molecule has 1 heterocycles. The standard InChI is InChI=1S/C18H25N3/c1-12-8-9-15(10-13(12)2)17-16(20-21(3)18(17)19)11-14-6-4-5-7-14/h8-10,14H,4-7,11,19H2,1-3H3. The van der Waals surface area contributed by atoms with E-state index in [2.05, 4.69) is 32.0 Å². The summed E-state index contributed by atoms with van der Waals surface area (Å²) in [7, 11) is 1.94. The van der Waals surface area contributed by atoms with Crippen LogP contribution in [0.2, 0.25) is 0 Å². The molecule has 0 saturated heterocycles. The lowest BCUT2D eigenvalue weighted by Gasteiger charge is -2.10. The molecular weight excluding hydrogens is 258 g/mol. The lowest BCUT2D eigenvalue weighted by atomic mass is 9.95. The maximum absolute atomic E-state index is 6.30. The van der Waals surface area contributed by atoms with Crippen molar-refractivity contribution in [3.05, 3.63) is 35.0 Å². The zero-order valence-corrected chi connectivity index (χ0v) is 13.3. The molecule has 0 atom stereocenters. The lowest BCUT2D eigenvalue weighted by molar-refractivity contribution is 0.534. The summed E-state index contributed by atoms with van der Waals surface area (Å²) in [6.45, 7) is 4.30. The van der Waals surface area contributed by atoms with Crippen LogP contribution in [0, 0.1) is 19.8 Å². The van der Waals surface area contributed by atoms with Crippen LogP contribution in [0.15, 0.2) is 18.2 Å². The molecule has 0 unspecified atom stereocenters. The number of nitrogens with zero attached hydrogens (tertiary/aromatic N) is 2. The Morgan fingerprint density at radius 1 is 1.19 bits per heavy atom. The first-order chi connectivity index (χ1) is 10.1. The van der Waals surface area contributed by atoms with Crippen molar-refractivity contribution in [1.29, 1.82) is 0 Å². The number of nitrogens with two attached hydrogens (primary N) is 1. The third-order valence-electron chi connectivity index (χ3n) is 4.92. The van der Waals surface area contributed by atoms with Crippen molar-refractivity contribution < 1.29 is 0 Å². The van der Waals surface area contributed by atoms with E-state index >= 15 is 0 Å². The number of hydrogen-bond acceptors (Lipinski definition) is 2. The Morgan fingerprint density at radius 3 is 2.57 bits per heavy atom. The third-order valence-corrected chi connectivity index (χ3v) is 4.92. The average molecular weight is 283 g/mol. The molecule has 3 nitrogen and oxygen atoms in total. The van der Waals surface area contributed by atoms with E-state index in [4.69, 9.17) is 10.8 Å². The molecule has 0 radical (unpaired) electrons. The molecular formula is C18H25N3. The fourth-order valence-electron chi connectivity index (χ4n) is 3.44. The van der Waals surface area contributed by atoms with Gasteiger partial charge in [-0.3, -0.25) is 4.68 Å². The summed E-state index contributed by atoms with van der Waals surface area (Å²) in [5, 5.41) is 4.69. The summed E-state index contributed by atoms with van der Waals surface area (Å²) in [5.41, 5.74) is 12.4. The molecule has 1 saturated carbocycles. The highest BCUT2D eigenvalue weighted by molar-refractivity contribution is 5.77. The fraction of sp³-hybridized carbons (Fsp3) is 0.500. The minimum absolute atomic E-state index is 0.782. The molecule has 3 rings (SSSR count). The first-order valence-electron chi connectivity index (χ1n) is 7.95. The monoisotopic (exact) mass is 283 g/mol. The first-order valence-corrected chi connectivity index (χ1v) is 7.95. The van der Waals surface area contributed by atoms with Crippen LogP contribution in [0.25, 0.3) is 11.1 Å². The summed E-state index contributed by atoms with van der Waals surface area (Å²) < 4.78 is 1.83. The molecule has 2 N–H and O–H groups in total. The van der Waals surface area contributed by atoms with Gasteiger partial charge >= 0.3 is 0 Å². The number of benzene rings is 1. The number of rotatable bonds is 3. The molecule has 1 aliphatic carbocycles. The van der Waals surface area contributed by atoms with E-state index in [1.807, 2.05) is 11.7 Å². The van der Waals surface area contributed by atoms with Gasteiger partial charge in [-0.15, -0.1) is 0 Å². The van der Waals surface area contributed by atoms with Crippen LogP contribution in [-0.4, -0.2) is 9.78 Å². The Labute approximate surface area is 127 Å². The predicted octanol–water partition coefficient (Wildman–Crippen LogP) is 4.02. The van der Waals surface area contributed by atoms with Crippen LogP contribution >= 0.6 is 0 Å². The molecule has 2 aromatic rings. The van der Waals surface area contributed by atoms with Crippen molar-refractivity contribution in [2.45, 2.75) is 46.0 Å². The molecule has 1 aliphatic rings. The van der Waals surface area contributed by atoms with Crippen LogP contribution in [0.5, 0.6) is 0 Å². The van der Waals surface area contributed by atoms with E-state index in [1.165, 1.54) is 48.1 Å². The van der Waals surface area contributed by atoms with Crippen LogP contribution in [0.1, 0.15) is 42.5 Å². The van der Waals surface area contributed by atoms with Crippen molar-refractivity contribution in [2.24, 2.45) is 13.0 Å². The van der Waals surface area contributed by atoms with Gasteiger partial charge in [0.15, 0.2) is 0 Å².